The van der Waals surface area contributed by atoms with Crippen LogP contribution in [0.2, 0.25) is 5.02 Å². The maximum absolute atomic E-state index is 12.5. The van der Waals surface area contributed by atoms with Crippen molar-refractivity contribution >= 4 is 39.7 Å². The molecule has 0 spiro atoms. The molecule has 9 heteroatoms. The molecule has 0 fully saturated rings. The lowest BCUT2D eigenvalue weighted by atomic mass is 10.2. The Morgan fingerprint density at radius 1 is 1.00 bits per heavy atom. The summed E-state index contributed by atoms with van der Waals surface area (Å²) >= 11 is 9.43. The number of halogens is 2. The summed E-state index contributed by atoms with van der Waals surface area (Å²) in [6.45, 7) is 0.347. The Morgan fingerprint density at radius 2 is 1.73 bits per heavy atom. The first-order valence-electron chi connectivity index (χ1n) is 9.75. The number of rotatable bonds is 9. The summed E-state index contributed by atoms with van der Waals surface area (Å²) in [4.78, 5) is 12.5. The van der Waals surface area contributed by atoms with Crippen molar-refractivity contribution < 1.29 is 23.7 Å². The summed E-state index contributed by atoms with van der Waals surface area (Å²) in [5.41, 5.74) is 4.49. The summed E-state index contributed by atoms with van der Waals surface area (Å²) in [5, 5.41) is 4.71. The van der Waals surface area contributed by atoms with Gasteiger partial charge in [-0.15, -0.1) is 0 Å². The molecule has 0 saturated heterocycles. The van der Waals surface area contributed by atoms with Gasteiger partial charge in [0.1, 0.15) is 18.1 Å². The van der Waals surface area contributed by atoms with Crippen LogP contribution in [0.25, 0.3) is 0 Å². The predicted molar refractivity (Wildman–Crippen MR) is 131 cm³/mol. The van der Waals surface area contributed by atoms with Gasteiger partial charge in [0.2, 0.25) is 0 Å². The molecule has 0 unspecified atom stereocenters. The van der Waals surface area contributed by atoms with Crippen molar-refractivity contribution in [3.05, 3.63) is 80.8 Å². The minimum absolute atomic E-state index is 0.333. The van der Waals surface area contributed by atoms with E-state index in [1.54, 1.807) is 38.5 Å². The fourth-order valence-electron chi connectivity index (χ4n) is 2.90. The van der Waals surface area contributed by atoms with Crippen LogP contribution in [0.15, 0.2) is 64.2 Å². The molecule has 0 bridgehead atoms. The van der Waals surface area contributed by atoms with E-state index in [4.69, 9.17) is 30.5 Å². The van der Waals surface area contributed by atoms with Gasteiger partial charge in [0.15, 0.2) is 11.5 Å². The van der Waals surface area contributed by atoms with E-state index in [-0.39, 0.29) is 0 Å². The van der Waals surface area contributed by atoms with E-state index in [0.717, 1.165) is 5.56 Å². The molecule has 33 heavy (non-hydrogen) atoms. The Balaban J connectivity index is 1.70. The SMILES string of the molecule is COc1ccc(C(=O)N/N=C\c2cc(Br)c(OCc3ccc(Cl)cc3)c(OC)c2)c(OC)c1. The van der Waals surface area contributed by atoms with Crippen LogP contribution in [0.5, 0.6) is 23.0 Å². The van der Waals surface area contributed by atoms with Gasteiger partial charge in [-0.25, -0.2) is 5.43 Å². The molecule has 0 aliphatic carbocycles. The largest absolute Gasteiger partial charge is 0.497 e. The Labute approximate surface area is 205 Å². The van der Waals surface area contributed by atoms with Crippen molar-refractivity contribution in [2.45, 2.75) is 6.61 Å². The summed E-state index contributed by atoms with van der Waals surface area (Å²) in [6, 6.07) is 15.9. The lowest BCUT2D eigenvalue weighted by Gasteiger charge is -2.13. The lowest BCUT2D eigenvalue weighted by molar-refractivity contribution is 0.0952. The minimum Gasteiger partial charge on any atom is -0.497 e. The summed E-state index contributed by atoms with van der Waals surface area (Å²) in [6.07, 6.45) is 1.50. The van der Waals surface area contributed by atoms with Crippen LogP contribution >= 0.6 is 27.5 Å². The number of nitrogens with zero attached hydrogens (tertiary/aromatic N) is 1. The van der Waals surface area contributed by atoms with Gasteiger partial charge >= 0.3 is 0 Å². The number of nitrogens with one attached hydrogen (secondary N) is 1. The van der Waals surface area contributed by atoms with Crippen LogP contribution < -0.4 is 24.4 Å². The van der Waals surface area contributed by atoms with Gasteiger partial charge in [0.05, 0.1) is 37.6 Å². The highest BCUT2D eigenvalue weighted by Gasteiger charge is 2.14. The van der Waals surface area contributed by atoms with Crippen molar-refractivity contribution in [2.75, 3.05) is 21.3 Å². The van der Waals surface area contributed by atoms with Crippen LogP contribution in [-0.2, 0) is 6.61 Å². The monoisotopic (exact) mass is 532 g/mol. The predicted octanol–water partition coefficient (Wildman–Crippen LogP) is 5.47. The zero-order valence-corrected chi connectivity index (χ0v) is 20.6. The number of benzene rings is 3. The van der Waals surface area contributed by atoms with Crippen molar-refractivity contribution in [1.82, 2.24) is 5.43 Å². The molecule has 1 amide bonds. The first-order chi connectivity index (χ1) is 15.9. The molecule has 0 radical (unpaired) electrons. The van der Waals surface area contributed by atoms with E-state index >= 15 is 0 Å². The average Bonchev–Trinajstić information content (AvgIpc) is 2.83. The molecule has 0 aromatic heterocycles. The van der Waals surface area contributed by atoms with E-state index in [1.807, 2.05) is 30.3 Å². The van der Waals surface area contributed by atoms with Crippen molar-refractivity contribution in [2.24, 2.45) is 5.10 Å². The average molecular weight is 534 g/mol. The quantitative estimate of drug-likeness (QED) is 0.291. The second-order valence-electron chi connectivity index (χ2n) is 6.71. The molecule has 0 aliphatic heterocycles. The van der Waals surface area contributed by atoms with Gasteiger partial charge in [-0.2, -0.15) is 5.10 Å². The number of carbonyl (C=O) groups is 1. The molecule has 3 rings (SSSR count). The van der Waals surface area contributed by atoms with Crippen molar-refractivity contribution in [1.29, 1.82) is 0 Å². The second-order valence-corrected chi connectivity index (χ2v) is 8.01. The molecular weight excluding hydrogens is 512 g/mol. The van der Waals surface area contributed by atoms with Gasteiger partial charge in [-0.05, 0) is 63.5 Å². The summed E-state index contributed by atoms with van der Waals surface area (Å²) in [7, 11) is 4.57. The third-order valence-electron chi connectivity index (χ3n) is 4.58. The van der Waals surface area contributed by atoms with Gasteiger partial charge in [0, 0.05) is 11.1 Å². The second kappa shape index (κ2) is 11.6. The fraction of sp³-hybridized carbons (Fsp3) is 0.167. The Morgan fingerprint density at radius 3 is 2.39 bits per heavy atom. The van der Waals surface area contributed by atoms with E-state index in [2.05, 4.69) is 26.5 Å². The van der Waals surface area contributed by atoms with Crippen LogP contribution in [0.4, 0.5) is 0 Å². The van der Waals surface area contributed by atoms with Gasteiger partial charge in [-0.3, -0.25) is 4.79 Å². The number of hydrazone groups is 1. The molecule has 1 N–H and O–H groups in total. The highest BCUT2D eigenvalue weighted by molar-refractivity contribution is 9.10. The molecule has 0 saturated carbocycles. The summed E-state index contributed by atoms with van der Waals surface area (Å²) in [5.74, 6) is 1.62. The number of ether oxygens (including phenoxy) is 4. The Bertz CT molecular complexity index is 1150. The smallest absolute Gasteiger partial charge is 0.275 e. The molecule has 0 aliphatic rings. The highest BCUT2D eigenvalue weighted by Crippen LogP contribution is 2.37. The van der Waals surface area contributed by atoms with Gasteiger partial charge in [-0.1, -0.05) is 23.7 Å². The van der Waals surface area contributed by atoms with Crippen LogP contribution in [0, 0.1) is 0 Å². The van der Waals surface area contributed by atoms with Crippen LogP contribution in [0.3, 0.4) is 0 Å². The first-order valence-corrected chi connectivity index (χ1v) is 10.9. The number of hydrogen-bond acceptors (Lipinski definition) is 6. The zero-order chi connectivity index (χ0) is 23.8. The molecule has 3 aromatic carbocycles. The van der Waals surface area contributed by atoms with E-state index in [9.17, 15) is 4.79 Å². The normalized spacial score (nSPS) is 10.7. The van der Waals surface area contributed by atoms with Crippen molar-refractivity contribution in [3.63, 3.8) is 0 Å². The maximum Gasteiger partial charge on any atom is 0.275 e. The maximum atomic E-state index is 12.5. The molecule has 0 atom stereocenters. The van der Waals surface area contributed by atoms with Crippen molar-refractivity contribution in [3.8, 4) is 23.0 Å². The Kier molecular flexibility index (Phi) is 8.57. The fourth-order valence-corrected chi connectivity index (χ4v) is 3.60. The van der Waals surface area contributed by atoms with E-state index in [1.165, 1.54) is 13.3 Å². The highest BCUT2D eigenvalue weighted by atomic mass is 79.9. The third-order valence-corrected chi connectivity index (χ3v) is 5.42. The number of methoxy groups -OCH3 is 3. The molecular formula is C24H22BrClN2O5. The molecule has 7 nitrogen and oxygen atoms in total. The van der Waals surface area contributed by atoms with Crippen LogP contribution in [0.1, 0.15) is 21.5 Å². The number of hydrogen-bond donors (Lipinski definition) is 1. The van der Waals surface area contributed by atoms with E-state index in [0.29, 0.717) is 50.2 Å². The molecule has 3 aromatic rings. The molecule has 172 valence electrons. The van der Waals surface area contributed by atoms with Crippen LogP contribution in [-0.4, -0.2) is 33.5 Å². The zero-order valence-electron chi connectivity index (χ0n) is 18.2. The standard InChI is InChI=1S/C24H22BrClN2O5/c1-30-18-8-9-19(21(12-18)31-2)24(29)28-27-13-16-10-20(25)23(22(11-16)32-3)33-14-15-4-6-17(26)7-5-15/h4-13H,14H2,1-3H3,(H,28,29)/b27-13-. The van der Waals surface area contributed by atoms with E-state index < -0.39 is 5.91 Å². The molecule has 0 heterocycles. The van der Waals surface area contributed by atoms with Gasteiger partial charge in [0.25, 0.3) is 5.91 Å². The minimum atomic E-state index is -0.417. The number of amides is 1. The first kappa shape index (κ1) is 24.4. The number of carbonyl (C=O) groups excluding carboxylic acids is 1. The topological polar surface area (TPSA) is 78.4 Å². The third kappa shape index (κ3) is 6.40. The Hall–Kier alpha value is -3.23. The summed E-state index contributed by atoms with van der Waals surface area (Å²) < 4.78 is 22.5. The lowest BCUT2D eigenvalue weighted by Crippen LogP contribution is -2.18. The van der Waals surface area contributed by atoms with Gasteiger partial charge < -0.3 is 18.9 Å².